The first-order chi connectivity index (χ1) is 15.3. The lowest BCUT2D eigenvalue weighted by molar-refractivity contribution is 0.289. The van der Waals surface area contributed by atoms with Crippen LogP contribution in [-0.4, -0.2) is 38.5 Å². The van der Waals surface area contributed by atoms with Crippen molar-refractivity contribution in [2.75, 3.05) is 21.1 Å². The third-order valence-corrected chi connectivity index (χ3v) is 5.45. The van der Waals surface area contributed by atoms with Gasteiger partial charge in [0.2, 0.25) is 0 Å². The highest BCUT2D eigenvalue weighted by atomic mass is 16.6. The Kier molecular flexibility index (Phi) is 6.15. The minimum atomic E-state index is -1.83. The van der Waals surface area contributed by atoms with Crippen molar-refractivity contribution in [3.8, 4) is 5.75 Å². The fourth-order valence-corrected chi connectivity index (χ4v) is 3.85. The first kappa shape index (κ1) is 21.8. The molecule has 5 aromatic carbocycles. The lowest BCUT2D eigenvalue weighted by atomic mass is 9.97. The van der Waals surface area contributed by atoms with Crippen LogP contribution < -0.4 is 9.14 Å². The summed E-state index contributed by atoms with van der Waals surface area (Å²) in [5.41, 5.74) is 1.34. The van der Waals surface area contributed by atoms with Crippen LogP contribution in [-0.2, 0) is 0 Å². The molecule has 0 aliphatic heterocycles. The molecule has 0 atom stereocenters. The van der Waals surface area contributed by atoms with Crippen LogP contribution in [0, 0.1) is 0 Å². The number of benzene rings is 5. The zero-order valence-electron chi connectivity index (χ0n) is 18.6. The molecule has 0 aliphatic rings. The summed E-state index contributed by atoms with van der Waals surface area (Å²) < 4.78 is 6.05. The van der Waals surface area contributed by atoms with Crippen molar-refractivity contribution in [2.45, 2.75) is 0 Å². The smallest absolute Gasteiger partial charge is 0.511 e. The summed E-state index contributed by atoms with van der Waals surface area (Å²) in [6, 6.07) is 32.5. The van der Waals surface area contributed by atoms with Gasteiger partial charge in [0.1, 0.15) is 11.4 Å². The molecule has 5 rings (SSSR count). The fourth-order valence-electron chi connectivity index (χ4n) is 3.85. The Labute approximate surface area is 188 Å². The lowest BCUT2D eigenvalue weighted by Crippen LogP contribution is -2.34. The first-order valence-electron chi connectivity index (χ1n) is 10.6. The SMILES string of the molecule is C[N+](C)(C)c1ccccc1.OB(O)Oc1cccc2ccc3cc4ccccc4cc3c12. The number of fused-ring (bicyclic) bond motifs is 4. The van der Waals surface area contributed by atoms with Gasteiger partial charge < -0.3 is 14.7 Å². The van der Waals surface area contributed by atoms with Gasteiger partial charge in [-0.2, -0.15) is 0 Å². The Bertz CT molecular complexity index is 1360. The van der Waals surface area contributed by atoms with Gasteiger partial charge in [-0.25, -0.2) is 0 Å². The van der Waals surface area contributed by atoms with E-state index in [9.17, 15) is 0 Å². The van der Waals surface area contributed by atoms with Gasteiger partial charge in [-0.1, -0.05) is 66.7 Å². The third kappa shape index (κ3) is 4.76. The van der Waals surface area contributed by atoms with Gasteiger partial charge in [0.15, 0.2) is 0 Å². The first-order valence-corrected chi connectivity index (χ1v) is 10.6. The van der Waals surface area contributed by atoms with E-state index in [1.807, 2.05) is 36.4 Å². The average molecular weight is 424 g/mol. The minimum absolute atomic E-state index is 0.466. The monoisotopic (exact) mass is 424 g/mol. The fraction of sp³-hybridized carbons (Fsp3) is 0.111. The van der Waals surface area contributed by atoms with Gasteiger partial charge in [-0.15, -0.1) is 0 Å². The molecule has 0 saturated carbocycles. The van der Waals surface area contributed by atoms with Crippen LogP contribution >= 0.6 is 0 Å². The molecule has 0 fully saturated rings. The summed E-state index contributed by atoms with van der Waals surface area (Å²) in [7, 11) is 4.65. The molecule has 2 N–H and O–H groups in total. The topological polar surface area (TPSA) is 49.7 Å². The van der Waals surface area contributed by atoms with Crippen molar-refractivity contribution in [3.63, 3.8) is 0 Å². The largest absolute Gasteiger partial charge is 0.707 e. The zero-order chi connectivity index (χ0) is 22.7. The van der Waals surface area contributed by atoms with E-state index in [1.165, 1.54) is 11.1 Å². The quantitative estimate of drug-likeness (QED) is 0.177. The van der Waals surface area contributed by atoms with Crippen molar-refractivity contribution in [2.24, 2.45) is 0 Å². The van der Waals surface area contributed by atoms with Gasteiger partial charge in [-0.05, 0) is 57.3 Å². The van der Waals surface area contributed by atoms with Gasteiger partial charge in [-0.3, -0.25) is 4.48 Å². The second kappa shape index (κ2) is 9.01. The van der Waals surface area contributed by atoms with Crippen LogP contribution in [0.3, 0.4) is 0 Å². The molecule has 0 aliphatic carbocycles. The van der Waals surface area contributed by atoms with Crippen molar-refractivity contribution in [3.05, 3.63) is 97.1 Å². The molecule has 0 aromatic heterocycles. The summed E-state index contributed by atoms with van der Waals surface area (Å²) in [4.78, 5) is 0. The van der Waals surface area contributed by atoms with E-state index in [0.717, 1.165) is 31.4 Å². The minimum Gasteiger partial charge on any atom is -0.511 e. The molecule has 4 nitrogen and oxygen atoms in total. The van der Waals surface area contributed by atoms with Crippen LogP contribution in [0.25, 0.3) is 32.3 Å². The van der Waals surface area contributed by atoms with Crippen LogP contribution in [0.1, 0.15) is 0 Å². The molecule has 5 heteroatoms. The molecule has 0 unspecified atom stereocenters. The Morgan fingerprint density at radius 3 is 1.84 bits per heavy atom. The van der Waals surface area contributed by atoms with Gasteiger partial charge in [0, 0.05) is 5.39 Å². The van der Waals surface area contributed by atoms with Crippen molar-refractivity contribution in [1.82, 2.24) is 4.48 Å². The van der Waals surface area contributed by atoms with Crippen LogP contribution in [0.15, 0.2) is 97.1 Å². The Morgan fingerprint density at radius 1 is 0.625 bits per heavy atom. The van der Waals surface area contributed by atoms with E-state index in [-0.39, 0.29) is 0 Å². The maximum atomic E-state index is 9.14. The Balaban J connectivity index is 0.000000207. The Hall–Kier alpha value is -3.38. The van der Waals surface area contributed by atoms with E-state index in [4.69, 9.17) is 14.7 Å². The summed E-state index contributed by atoms with van der Waals surface area (Å²) in [5, 5.41) is 24.6. The van der Waals surface area contributed by atoms with Crippen molar-refractivity contribution >= 4 is 45.3 Å². The normalized spacial score (nSPS) is 11.3. The van der Waals surface area contributed by atoms with Crippen LogP contribution in [0.2, 0.25) is 0 Å². The zero-order valence-corrected chi connectivity index (χ0v) is 18.6. The molecule has 0 heterocycles. The van der Waals surface area contributed by atoms with Gasteiger partial charge >= 0.3 is 7.32 Å². The third-order valence-electron chi connectivity index (χ3n) is 5.45. The summed E-state index contributed by atoms with van der Waals surface area (Å²) in [6.07, 6.45) is 0. The maximum absolute atomic E-state index is 9.14. The van der Waals surface area contributed by atoms with Crippen molar-refractivity contribution < 1.29 is 14.7 Å². The second-order valence-corrected chi connectivity index (χ2v) is 8.63. The molecule has 0 amide bonds. The molecular formula is C27H27BNO3+. The number of quaternary nitrogens is 1. The summed E-state index contributed by atoms with van der Waals surface area (Å²) in [5.74, 6) is 0.466. The van der Waals surface area contributed by atoms with E-state index < -0.39 is 7.32 Å². The van der Waals surface area contributed by atoms with Crippen LogP contribution in [0.4, 0.5) is 5.69 Å². The predicted octanol–water partition coefficient (Wildman–Crippen LogP) is 5.38. The summed E-state index contributed by atoms with van der Waals surface area (Å²) >= 11 is 0. The molecule has 0 saturated heterocycles. The second-order valence-electron chi connectivity index (χ2n) is 8.63. The Morgan fingerprint density at radius 2 is 1.22 bits per heavy atom. The number of rotatable bonds is 3. The van der Waals surface area contributed by atoms with Gasteiger partial charge in [0.05, 0.1) is 21.1 Å². The standard InChI is InChI=1S/C18H13BO3.C9H14N/c20-19(21)22-17-7-3-6-12-8-9-15-10-13-4-1-2-5-14(13)11-16(15)18(12)17;1-10(2,3)9-7-5-4-6-8-9/h1-11,20-21H;4-8H,1-3H3/q;+1. The molecule has 0 bridgehead atoms. The van der Waals surface area contributed by atoms with E-state index >= 15 is 0 Å². The summed E-state index contributed by atoms with van der Waals surface area (Å²) in [6.45, 7) is 0. The van der Waals surface area contributed by atoms with E-state index in [1.54, 1.807) is 6.07 Å². The number of hydrogen-bond acceptors (Lipinski definition) is 3. The number of para-hydroxylation sites is 1. The maximum Gasteiger partial charge on any atom is 0.707 e. The number of hydrogen-bond donors (Lipinski definition) is 2. The predicted molar refractivity (Wildman–Crippen MR) is 136 cm³/mol. The molecule has 0 radical (unpaired) electrons. The highest BCUT2D eigenvalue weighted by molar-refractivity contribution is 6.34. The van der Waals surface area contributed by atoms with Crippen LogP contribution in [0.5, 0.6) is 5.75 Å². The highest BCUT2D eigenvalue weighted by Crippen LogP contribution is 2.35. The lowest BCUT2D eigenvalue weighted by Gasteiger charge is -2.22. The van der Waals surface area contributed by atoms with Gasteiger partial charge in [0.25, 0.3) is 0 Å². The van der Waals surface area contributed by atoms with Crippen molar-refractivity contribution in [1.29, 1.82) is 0 Å². The molecule has 160 valence electrons. The highest BCUT2D eigenvalue weighted by Gasteiger charge is 2.15. The molecular weight excluding hydrogens is 397 g/mol. The molecule has 5 aromatic rings. The molecule has 32 heavy (non-hydrogen) atoms. The van der Waals surface area contributed by atoms with E-state index in [2.05, 4.69) is 75.7 Å². The molecule has 0 spiro atoms. The number of nitrogens with zero attached hydrogens (tertiary/aromatic N) is 1. The van der Waals surface area contributed by atoms with E-state index in [0.29, 0.717) is 5.75 Å². The average Bonchev–Trinajstić information content (AvgIpc) is 2.78.